The fourth-order valence-corrected chi connectivity index (χ4v) is 4.23. The van der Waals surface area contributed by atoms with Gasteiger partial charge in [0.2, 0.25) is 5.91 Å². The molecule has 0 spiro atoms. The van der Waals surface area contributed by atoms with Crippen LogP contribution in [0.25, 0.3) is 0 Å². The third-order valence-corrected chi connectivity index (χ3v) is 6.90. The first kappa shape index (κ1) is 53.9. The van der Waals surface area contributed by atoms with E-state index in [1.807, 2.05) is 51.1 Å². The SMILES string of the molecule is CC(C)(C)OC(=O)CCOCC(COCCC=O)(COCCC(=O)OC(C)(C)C)NC(=O)CCCCCCC=O.COC(C)(C)C.COCc1ccccc1. The Hall–Kier alpha value is -3.23. The molecule has 0 saturated carbocycles. The lowest BCUT2D eigenvalue weighted by molar-refractivity contribution is -0.157. The zero-order valence-corrected chi connectivity index (χ0v) is 35.8. The van der Waals surface area contributed by atoms with Gasteiger partial charge >= 0.3 is 11.9 Å². The lowest BCUT2D eigenvalue weighted by Gasteiger charge is -2.34. The van der Waals surface area contributed by atoms with Crippen LogP contribution in [0.1, 0.15) is 126 Å². The Morgan fingerprint density at radius 3 is 1.47 bits per heavy atom. The van der Waals surface area contributed by atoms with Crippen molar-refractivity contribution in [2.75, 3.05) is 53.9 Å². The van der Waals surface area contributed by atoms with Crippen molar-refractivity contribution in [3.8, 4) is 0 Å². The zero-order chi connectivity index (χ0) is 42.2. The predicted octanol–water partition coefficient (Wildman–Crippen LogP) is 6.75. The Morgan fingerprint density at radius 2 is 1.05 bits per heavy atom. The smallest absolute Gasteiger partial charge is 0.308 e. The average Bonchev–Trinajstić information content (AvgIpc) is 3.08. The first-order valence-corrected chi connectivity index (χ1v) is 19.1. The second-order valence-corrected chi connectivity index (χ2v) is 16.0. The molecule has 1 aromatic rings. The van der Waals surface area contributed by atoms with Crippen LogP contribution < -0.4 is 5.32 Å². The molecular weight excluding hydrogens is 710 g/mol. The number of benzene rings is 1. The summed E-state index contributed by atoms with van der Waals surface area (Å²) in [5.74, 6) is -1.05. The molecule has 0 unspecified atom stereocenters. The summed E-state index contributed by atoms with van der Waals surface area (Å²) in [6.45, 7) is 17.6. The first-order valence-electron chi connectivity index (χ1n) is 19.1. The molecule has 0 radical (unpaired) electrons. The number of unbranched alkanes of at least 4 members (excludes halogenated alkanes) is 4. The molecule has 55 heavy (non-hydrogen) atoms. The van der Waals surface area contributed by atoms with E-state index in [0.717, 1.165) is 31.8 Å². The second kappa shape index (κ2) is 30.9. The Morgan fingerprint density at radius 1 is 0.600 bits per heavy atom. The number of ether oxygens (including phenoxy) is 7. The van der Waals surface area contributed by atoms with Gasteiger partial charge in [0.15, 0.2) is 0 Å². The quantitative estimate of drug-likeness (QED) is 0.0632. The van der Waals surface area contributed by atoms with Gasteiger partial charge in [-0.05, 0) is 80.7 Å². The minimum atomic E-state index is -1.13. The topological polar surface area (TPSA) is 162 Å². The molecule has 0 aromatic heterocycles. The van der Waals surface area contributed by atoms with E-state index >= 15 is 0 Å². The summed E-state index contributed by atoms with van der Waals surface area (Å²) >= 11 is 0. The van der Waals surface area contributed by atoms with Gasteiger partial charge < -0.3 is 48.1 Å². The van der Waals surface area contributed by atoms with Crippen LogP contribution in [0.4, 0.5) is 0 Å². The molecule has 0 heterocycles. The van der Waals surface area contributed by atoms with Crippen molar-refractivity contribution in [2.24, 2.45) is 0 Å². The summed E-state index contributed by atoms with van der Waals surface area (Å²) in [4.78, 5) is 58.3. The highest BCUT2D eigenvalue weighted by atomic mass is 16.6. The van der Waals surface area contributed by atoms with Crippen molar-refractivity contribution in [1.82, 2.24) is 5.32 Å². The molecule has 0 fully saturated rings. The average molecular weight is 784 g/mol. The number of hydrogen-bond donors (Lipinski definition) is 1. The monoisotopic (exact) mass is 784 g/mol. The highest BCUT2D eigenvalue weighted by Crippen LogP contribution is 2.14. The number of hydrogen-bond acceptors (Lipinski definition) is 12. The van der Waals surface area contributed by atoms with E-state index in [0.29, 0.717) is 19.4 Å². The van der Waals surface area contributed by atoms with Crippen LogP contribution in [0.5, 0.6) is 0 Å². The van der Waals surface area contributed by atoms with Crippen LogP contribution in [0, 0.1) is 0 Å². The van der Waals surface area contributed by atoms with Crippen molar-refractivity contribution in [2.45, 2.75) is 149 Å². The van der Waals surface area contributed by atoms with Gasteiger partial charge in [0.25, 0.3) is 0 Å². The molecule has 1 rings (SSSR count). The normalized spacial score (nSPS) is 11.6. The van der Waals surface area contributed by atoms with E-state index in [2.05, 4.69) is 5.32 Å². The number of amides is 1. The molecule has 13 heteroatoms. The van der Waals surface area contributed by atoms with E-state index in [-0.39, 0.29) is 76.8 Å². The van der Waals surface area contributed by atoms with Gasteiger partial charge in [-0.1, -0.05) is 43.2 Å². The zero-order valence-electron chi connectivity index (χ0n) is 35.8. The standard InChI is InChI=1S/C29H51NO10.C8H10O.C5H12O/c1-27(2,3)39-25(34)14-19-37-22-29(21-36-18-12-17-32,23-38-20-15-26(35)40-28(4,5)6)30-24(33)13-10-8-7-9-11-16-31;1-9-7-8-5-3-2-4-6-8;1-5(2,3)6-4/h16-17H,7-15,18-23H2,1-6H3,(H,30,33);2-6H,7H2,1H3;1-4H3. The molecular formula is C42H73NO12. The van der Waals surface area contributed by atoms with Gasteiger partial charge in [0.1, 0.15) is 29.3 Å². The summed E-state index contributed by atoms with van der Waals surface area (Å²) < 4.78 is 37.7. The van der Waals surface area contributed by atoms with E-state index in [1.165, 1.54) is 5.56 Å². The van der Waals surface area contributed by atoms with Crippen LogP contribution in [0.15, 0.2) is 30.3 Å². The summed E-state index contributed by atoms with van der Waals surface area (Å²) in [6.07, 6.45) is 5.71. The Bertz CT molecular complexity index is 1120. The first-order chi connectivity index (χ1) is 25.7. The van der Waals surface area contributed by atoms with Crippen molar-refractivity contribution in [3.05, 3.63) is 35.9 Å². The predicted molar refractivity (Wildman–Crippen MR) is 213 cm³/mol. The minimum Gasteiger partial charge on any atom is -0.460 e. The lowest BCUT2D eigenvalue weighted by atomic mass is 10.0. The van der Waals surface area contributed by atoms with Gasteiger partial charge in [-0.2, -0.15) is 0 Å². The number of carbonyl (C=O) groups is 5. The number of esters is 2. The van der Waals surface area contributed by atoms with Crippen molar-refractivity contribution in [1.29, 1.82) is 0 Å². The molecule has 0 bridgehead atoms. The molecule has 1 N–H and O–H groups in total. The van der Waals surface area contributed by atoms with Gasteiger partial charge in [0, 0.05) is 33.5 Å². The fraction of sp³-hybridized carbons (Fsp3) is 0.738. The van der Waals surface area contributed by atoms with Gasteiger partial charge in [-0.25, -0.2) is 0 Å². The maximum atomic E-state index is 12.9. The molecule has 13 nitrogen and oxygen atoms in total. The number of aldehydes is 2. The Balaban J connectivity index is 0. The summed E-state index contributed by atoms with van der Waals surface area (Å²) in [7, 11) is 3.41. The molecule has 1 aromatic carbocycles. The number of rotatable bonds is 25. The van der Waals surface area contributed by atoms with E-state index in [4.69, 9.17) is 33.2 Å². The summed E-state index contributed by atoms with van der Waals surface area (Å²) in [6, 6.07) is 10.1. The van der Waals surface area contributed by atoms with Crippen LogP contribution in [-0.2, 0) is 63.7 Å². The lowest BCUT2D eigenvalue weighted by Crippen LogP contribution is -2.58. The molecule has 0 saturated heterocycles. The fourth-order valence-electron chi connectivity index (χ4n) is 4.23. The van der Waals surface area contributed by atoms with E-state index in [1.54, 1.807) is 55.8 Å². The highest BCUT2D eigenvalue weighted by molar-refractivity contribution is 5.76. The van der Waals surface area contributed by atoms with Crippen molar-refractivity contribution < 1.29 is 57.1 Å². The van der Waals surface area contributed by atoms with Crippen LogP contribution in [-0.4, -0.2) is 107 Å². The van der Waals surface area contributed by atoms with Gasteiger partial charge in [-0.15, -0.1) is 0 Å². The molecule has 0 atom stereocenters. The molecule has 0 aliphatic heterocycles. The molecule has 1 amide bonds. The number of nitrogens with one attached hydrogen (secondary N) is 1. The summed E-state index contributed by atoms with van der Waals surface area (Å²) in [5, 5.41) is 2.97. The van der Waals surface area contributed by atoms with Gasteiger partial charge in [-0.3, -0.25) is 14.4 Å². The number of carbonyl (C=O) groups excluding carboxylic acids is 5. The second-order valence-electron chi connectivity index (χ2n) is 16.0. The highest BCUT2D eigenvalue weighted by Gasteiger charge is 2.34. The third kappa shape index (κ3) is 37.5. The minimum absolute atomic E-state index is 0.00914. The largest absolute Gasteiger partial charge is 0.460 e. The maximum absolute atomic E-state index is 12.9. The third-order valence-electron chi connectivity index (χ3n) is 6.90. The molecule has 0 aliphatic rings. The van der Waals surface area contributed by atoms with Gasteiger partial charge in [0.05, 0.1) is 64.7 Å². The Labute approximate surface area is 331 Å². The molecule has 0 aliphatic carbocycles. The van der Waals surface area contributed by atoms with Crippen molar-refractivity contribution >= 4 is 30.4 Å². The van der Waals surface area contributed by atoms with Crippen LogP contribution in [0.2, 0.25) is 0 Å². The number of methoxy groups -OCH3 is 2. The Kier molecular flexibility index (Phi) is 30.3. The van der Waals surface area contributed by atoms with E-state index < -0.39 is 28.7 Å². The molecule has 318 valence electrons. The van der Waals surface area contributed by atoms with Crippen LogP contribution >= 0.6 is 0 Å². The summed E-state index contributed by atoms with van der Waals surface area (Å²) in [5.41, 5.74) is -1.09. The van der Waals surface area contributed by atoms with Crippen LogP contribution in [0.3, 0.4) is 0 Å². The van der Waals surface area contributed by atoms with E-state index in [9.17, 15) is 24.0 Å². The van der Waals surface area contributed by atoms with Crippen molar-refractivity contribution in [3.63, 3.8) is 0 Å². The maximum Gasteiger partial charge on any atom is 0.308 e.